The lowest BCUT2D eigenvalue weighted by Crippen LogP contribution is -2.48. The van der Waals surface area contributed by atoms with E-state index in [2.05, 4.69) is 50.3 Å². The molecule has 0 radical (unpaired) electrons. The van der Waals surface area contributed by atoms with Crippen LogP contribution in [-0.4, -0.2) is 61.9 Å². The van der Waals surface area contributed by atoms with Crippen LogP contribution in [0.1, 0.15) is 45.1 Å². The van der Waals surface area contributed by atoms with Crippen molar-refractivity contribution in [2.75, 3.05) is 40.3 Å². The number of carbonyl (C=O) groups excluding carboxylic acids is 2. The van der Waals surface area contributed by atoms with Gasteiger partial charge in [-0.05, 0) is 50.8 Å². The van der Waals surface area contributed by atoms with Gasteiger partial charge in [-0.3, -0.25) is 9.59 Å². The van der Waals surface area contributed by atoms with Crippen molar-refractivity contribution >= 4 is 11.8 Å². The smallest absolute Gasteiger partial charge is 0.233 e. The second-order valence-corrected chi connectivity index (χ2v) is 9.63. The van der Waals surface area contributed by atoms with Crippen LogP contribution in [0.25, 0.3) is 0 Å². The normalized spacial score (nSPS) is 19.5. The number of rotatable bonds is 7. The van der Waals surface area contributed by atoms with Gasteiger partial charge in [-0.2, -0.15) is 0 Å². The lowest BCUT2D eigenvalue weighted by Gasteiger charge is -2.35. The summed E-state index contributed by atoms with van der Waals surface area (Å²) in [6.07, 6.45) is 3.40. The third-order valence-corrected chi connectivity index (χ3v) is 6.12. The van der Waals surface area contributed by atoms with Gasteiger partial charge in [0.05, 0.1) is 5.41 Å². The second-order valence-electron chi connectivity index (χ2n) is 9.63. The molecule has 3 rings (SSSR count). The van der Waals surface area contributed by atoms with E-state index in [1.54, 1.807) is 0 Å². The highest BCUT2D eigenvalue weighted by Crippen LogP contribution is 2.49. The van der Waals surface area contributed by atoms with Gasteiger partial charge in [-0.15, -0.1) is 0 Å². The zero-order chi connectivity index (χ0) is 20.4. The fourth-order valence-electron chi connectivity index (χ4n) is 4.54. The van der Waals surface area contributed by atoms with E-state index >= 15 is 0 Å². The van der Waals surface area contributed by atoms with Crippen molar-refractivity contribution in [3.63, 3.8) is 0 Å². The first kappa shape index (κ1) is 20.8. The highest BCUT2D eigenvalue weighted by molar-refractivity contribution is 5.91. The molecule has 2 fully saturated rings. The second kappa shape index (κ2) is 8.24. The van der Waals surface area contributed by atoms with Crippen LogP contribution < -0.4 is 5.32 Å². The van der Waals surface area contributed by atoms with Crippen LogP contribution in [0, 0.1) is 11.3 Å². The number of likely N-dealkylation sites (tertiary alicyclic amines) is 1. The van der Waals surface area contributed by atoms with E-state index in [0.717, 1.165) is 37.8 Å². The molecule has 28 heavy (non-hydrogen) atoms. The average molecular weight is 386 g/mol. The first-order valence-corrected chi connectivity index (χ1v) is 10.5. The summed E-state index contributed by atoms with van der Waals surface area (Å²) in [5.74, 6) is 0.416. The summed E-state index contributed by atoms with van der Waals surface area (Å²) >= 11 is 0. The molecule has 0 bridgehead atoms. The van der Waals surface area contributed by atoms with E-state index in [9.17, 15) is 9.59 Å². The average Bonchev–Trinajstić information content (AvgIpc) is 3.47. The molecular weight excluding hydrogens is 350 g/mol. The summed E-state index contributed by atoms with van der Waals surface area (Å²) in [6, 6.07) is 10.2. The Labute approximate surface area is 169 Å². The molecule has 0 atom stereocenters. The minimum absolute atomic E-state index is 0.0195. The van der Waals surface area contributed by atoms with Gasteiger partial charge in [0.1, 0.15) is 0 Å². The zero-order valence-corrected chi connectivity index (χ0v) is 17.8. The summed E-state index contributed by atoms with van der Waals surface area (Å²) in [4.78, 5) is 29.9. The van der Waals surface area contributed by atoms with E-state index in [-0.39, 0.29) is 28.6 Å². The predicted octanol–water partition coefficient (Wildman–Crippen LogP) is 2.66. The third kappa shape index (κ3) is 4.75. The van der Waals surface area contributed by atoms with Gasteiger partial charge < -0.3 is 15.1 Å². The topological polar surface area (TPSA) is 52.7 Å². The van der Waals surface area contributed by atoms with Crippen molar-refractivity contribution in [3.05, 3.63) is 35.9 Å². The number of amides is 2. The van der Waals surface area contributed by atoms with E-state index < -0.39 is 0 Å². The Morgan fingerprint density at radius 1 is 1.14 bits per heavy atom. The van der Waals surface area contributed by atoms with Crippen molar-refractivity contribution in [2.45, 2.75) is 44.9 Å². The Morgan fingerprint density at radius 3 is 2.29 bits per heavy atom. The van der Waals surface area contributed by atoms with E-state index in [4.69, 9.17) is 0 Å². The highest BCUT2D eigenvalue weighted by atomic mass is 16.2. The Balaban J connectivity index is 1.49. The summed E-state index contributed by atoms with van der Waals surface area (Å²) < 4.78 is 0. The fraction of sp³-hybridized carbons (Fsp3) is 0.652. The molecule has 1 saturated heterocycles. The molecule has 1 aromatic rings. The number of carbonyl (C=O) groups is 2. The lowest BCUT2D eigenvalue weighted by molar-refractivity contribution is -0.137. The van der Waals surface area contributed by atoms with Crippen LogP contribution in [0.15, 0.2) is 30.3 Å². The summed E-state index contributed by atoms with van der Waals surface area (Å²) in [5.41, 5.74) is 0.888. The molecule has 1 aliphatic carbocycles. The van der Waals surface area contributed by atoms with Crippen LogP contribution in [0.3, 0.4) is 0 Å². The Bertz CT molecular complexity index is 687. The monoisotopic (exact) mass is 385 g/mol. The molecule has 1 heterocycles. The van der Waals surface area contributed by atoms with Crippen molar-refractivity contribution in [3.8, 4) is 0 Å². The summed E-state index contributed by atoms with van der Waals surface area (Å²) in [7, 11) is 4.11. The highest BCUT2D eigenvalue weighted by Gasteiger charge is 2.53. The van der Waals surface area contributed by atoms with Crippen molar-refractivity contribution in [1.29, 1.82) is 0 Å². The molecule has 5 nitrogen and oxygen atoms in total. The predicted molar refractivity (Wildman–Crippen MR) is 112 cm³/mol. The first-order chi connectivity index (χ1) is 13.2. The van der Waals surface area contributed by atoms with Crippen LogP contribution in [0.2, 0.25) is 0 Å². The first-order valence-electron chi connectivity index (χ1n) is 10.5. The zero-order valence-electron chi connectivity index (χ0n) is 17.8. The molecule has 1 saturated carbocycles. The van der Waals surface area contributed by atoms with E-state index in [1.807, 2.05) is 23.1 Å². The maximum atomic E-state index is 13.1. The molecular formula is C23H35N3O2. The van der Waals surface area contributed by atoms with Crippen LogP contribution >= 0.6 is 0 Å². The van der Waals surface area contributed by atoms with Crippen molar-refractivity contribution < 1.29 is 9.59 Å². The standard InChI is InChI=1S/C23H35N3O2/c1-22(2,17-25(3)4)16-24-20(27)18-10-14-26(15-11-18)21(28)23(12-13-23)19-8-6-5-7-9-19/h5-9,18H,10-17H2,1-4H3,(H,24,27). The Morgan fingerprint density at radius 2 is 1.75 bits per heavy atom. The molecule has 2 amide bonds. The van der Waals surface area contributed by atoms with Crippen LogP contribution in [0.5, 0.6) is 0 Å². The molecule has 0 spiro atoms. The third-order valence-electron chi connectivity index (χ3n) is 6.12. The van der Waals surface area contributed by atoms with Crippen molar-refractivity contribution in [1.82, 2.24) is 15.1 Å². The van der Waals surface area contributed by atoms with Crippen LogP contribution in [0.4, 0.5) is 0 Å². The van der Waals surface area contributed by atoms with Gasteiger partial charge in [0.25, 0.3) is 0 Å². The van der Waals surface area contributed by atoms with Gasteiger partial charge >= 0.3 is 0 Å². The number of piperidine rings is 1. The number of hydrogen-bond donors (Lipinski definition) is 1. The minimum Gasteiger partial charge on any atom is -0.355 e. The van der Waals surface area contributed by atoms with E-state index in [1.165, 1.54) is 0 Å². The van der Waals surface area contributed by atoms with E-state index in [0.29, 0.717) is 19.6 Å². The van der Waals surface area contributed by atoms with Gasteiger partial charge in [0.15, 0.2) is 0 Å². The number of hydrogen-bond acceptors (Lipinski definition) is 3. The largest absolute Gasteiger partial charge is 0.355 e. The Hall–Kier alpha value is -1.88. The molecule has 1 N–H and O–H groups in total. The van der Waals surface area contributed by atoms with Crippen molar-refractivity contribution in [2.24, 2.45) is 11.3 Å². The van der Waals surface area contributed by atoms with Gasteiger partial charge in [0.2, 0.25) is 11.8 Å². The maximum Gasteiger partial charge on any atom is 0.233 e. The minimum atomic E-state index is -0.299. The fourth-order valence-corrected chi connectivity index (χ4v) is 4.54. The summed E-state index contributed by atoms with van der Waals surface area (Å²) in [5, 5.41) is 3.14. The summed E-state index contributed by atoms with van der Waals surface area (Å²) in [6.45, 7) is 7.34. The number of nitrogens with one attached hydrogen (secondary N) is 1. The molecule has 2 aliphatic rings. The van der Waals surface area contributed by atoms with Gasteiger partial charge in [0, 0.05) is 32.1 Å². The molecule has 0 aromatic heterocycles. The molecule has 0 unspecified atom stereocenters. The molecule has 1 aliphatic heterocycles. The quantitative estimate of drug-likeness (QED) is 0.785. The maximum absolute atomic E-state index is 13.1. The molecule has 5 heteroatoms. The van der Waals surface area contributed by atoms with Crippen LogP contribution in [-0.2, 0) is 15.0 Å². The SMILES string of the molecule is CN(C)CC(C)(C)CNC(=O)C1CCN(C(=O)C2(c3ccccc3)CC2)CC1. The molecule has 154 valence electrons. The number of benzene rings is 1. The van der Waals surface area contributed by atoms with Gasteiger partial charge in [-0.25, -0.2) is 0 Å². The molecule has 1 aromatic carbocycles. The van der Waals surface area contributed by atoms with Gasteiger partial charge in [-0.1, -0.05) is 44.2 Å². The Kier molecular flexibility index (Phi) is 6.13. The lowest BCUT2D eigenvalue weighted by atomic mass is 9.90. The number of nitrogens with zero attached hydrogens (tertiary/aromatic N) is 2.